The van der Waals surface area contributed by atoms with Crippen molar-refractivity contribution >= 4 is 8.32 Å². The van der Waals surface area contributed by atoms with Crippen LogP contribution in [0.25, 0.3) is 0 Å². The molecule has 3 rings (SSSR count). The average Bonchev–Trinajstić information content (AvgIpc) is 2.68. The van der Waals surface area contributed by atoms with Gasteiger partial charge >= 0.3 is 0 Å². The molecule has 3 aliphatic carbocycles. The molecule has 0 N–H and O–H groups in total. The third-order valence-electron chi connectivity index (χ3n) is 7.95. The Labute approximate surface area is 168 Å². The normalized spacial score (nSPS) is 42.6. The second-order valence-corrected chi connectivity index (χ2v) is 15.3. The highest BCUT2D eigenvalue weighted by Gasteiger charge is 2.58. The summed E-state index contributed by atoms with van der Waals surface area (Å²) < 4.78 is 17.9. The predicted molar refractivity (Wildman–Crippen MR) is 114 cm³/mol. The van der Waals surface area contributed by atoms with Gasteiger partial charge in [0.25, 0.3) is 0 Å². The second kappa shape index (κ2) is 7.83. The van der Waals surface area contributed by atoms with Crippen molar-refractivity contribution in [2.24, 2.45) is 28.6 Å². The molecule has 0 amide bonds. The Hall–Kier alpha value is -0.323. The fraction of sp³-hybridized carbons (Fsp3) is 0.913. The van der Waals surface area contributed by atoms with E-state index >= 15 is 0 Å². The summed E-state index contributed by atoms with van der Waals surface area (Å²) in [5.41, 5.74) is 0.661. The van der Waals surface area contributed by atoms with Crippen molar-refractivity contribution in [3.8, 4) is 0 Å². The van der Waals surface area contributed by atoms with Gasteiger partial charge in [-0.2, -0.15) is 0 Å². The van der Waals surface area contributed by atoms with E-state index in [1.807, 2.05) is 0 Å². The summed E-state index contributed by atoms with van der Waals surface area (Å²) in [5.74, 6) is 3.39. The molecule has 0 aliphatic heterocycles. The van der Waals surface area contributed by atoms with E-state index in [1.54, 1.807) is 7.11 Å². The van der Waals surface area contributed by atoms with Gasteiger partial charge in [0.15, 0.2) is 0 Å². The van der Waals surface area contributed by atoms with E-state index in [1.165, 1.54) is 44.3 Å². The molecule has 3 nitrogen and oxygen atoms in total. The van der Waals surface area contributed by atoms with Gasteiger partial charge in [0.05, 0.1) is 11.9 Å². The van der Waals surface area contributed by atoms with E-state index in [0.29, 0.717) is 24.2 Å². The van der Waals surface area contributed by atoms with Gasteiger partial charge in [-0.05, 0) is 86.4 Å². The van der Waals surface area contributed by atoms with Gasteiger partial charge in [0.2, 0.25) is 8.32 Å². The molecule has 0 heterocycles. The van der Waals surface area contributed by atoms with Crippen LogP contribution < -0.4 is 0 Å². The number of fused-ring (bicyclic) bond motifs is 3. The molecular formula is C23H42O3Si. The zero-order chi connectivity index (χ0) is 19.9. The van der Waals surface area contributed by atoms with Crippen molar-refractivity contribution in [3.05, 3.63) is 11.8 Å². The average molecular weight is 395 g/mol. The number of methoxy groups -OCH3 is 1. The largest absolute Gasteiger partial charge is 0.548 e. The van der Waals surface area contributed by atoms with E-state index < -0.39 is 8.32 Å². The Balaban J connectivity index is 1.85. The van der Waals surface area contributed by atoms with Crippen LogP contribution in [0, 0.1) is 28.6 Å². The van der Waals surface area contributed by atoms with Crippen molar-refractivity contribution in [2.75, 3.05) is 13.9 Å². The number of allylic oxidation sites excluding steroid dienone is 2. The summed E-state index contributed by atoms with van der Waals surface area (Å²) in [7, 11) is 0.188. The quantitative estimate of drug-likeness (QED) is 0.401. The summed E-state index contributed by atoms with van der Waals surface area (Å²) in [6.07, 6.45) is 11.6. The van der Waals surface area contributed by atoms with E-state index in [4.69, 9.17) is 13.9 Å². The van der Waals surface area contributed by atoms with E-state index in [0.717, 1.165) is 18.3 Å². The zero-order valence-electron chi connectivity index (χ0n) is 18.8. The van der Waals surface area contributed by atoms with Crippen molar-refractivity contribution in [1.29, 1.82) is 0 Å². The van der Waals surface area contributed by atoms with Crippen LogP contribution in [-0.2, 0) is 13.9 Å². The molecule has 0 aromatic carbocycles. The molecule has 0 aromatic rings. The lowest BCUT2D eigenvalue weighted by Crippen LogP contribution is -2.56. The van der Waals surface area contributed by atoms with E-state index in [-0.39, 0.29) is 5.41 Å². The minimum Gasteiger partial charge on any atom is -0.548 e. The molecule has 156 valence electrons. The Morgan fingerprint density at radius 2 is 1.81 bits per heavy atom. The van der Waals surface area contributed by atoms with Crippen LogP contribution in [0.1, 0.15) is 65.7 Å². The van der Waals surface area contributed by atoms with Crippen LogP contribution in [0.3, 0.4) is 0 Å². The first-order valence-electron chi connectivity index (χ1n) is 11.1. The highest BCUT2D eigenvalue weighted by molar-refractivity contribution is 6.70. The lowest BCUT2D eigenvalue weighted by Gasteiger charge is -2.61. The van der Waals surface area contributed by atoms with Crippen molar-refractivity contribution < 1.29 is 13.9 Å². The van der Waals surface area contributed by atoms with Crippen LogP contribution in [0.5, 0.6) is 0 Å². The minimum atomic E-state index is -1.55. The highest BCUT2D eigenvalue weighted by Crippen LogP contribution is 2.64. The molecular weight excluding hydrogens is 352 g/mol. The fourth-order valence-electron chi connectivity index (χ4n) is 6.87. The predicted octanol–water partition coefficient (Wildman–Crippen LogP) is 6.36. The van der Waals surface area contributed by atoms with Crippen LogP contribution >= 0.6 is 0 Å². The number of hydrogen-bond donors (Lipinski definition) is 0. The Bertz CT molecular complexity index is 554. The topological polar surface area (TPSA) is 27.7 Å². The van der Waals surface area contributed by atoms with E-state index in [9.17, 15) is 0 Å². The van der Waals surface area contributed by atoms with Gasteiger partial charge in [0.1, 0.15) is 6.79 Å². The Kier molecular flexibility index (Phi) is 6.21. The summed E-state index contributed by atoms with van der Waals surface area (Å²) in [4.78, 5) is 0. The molecule has 0 aromatic heterocycles. The minimum absolute atomic E-state index is 0.284. The van der Waals surface area contributed by atoms with Gasteiger partial charge in [-0.25, -0.2) is 0 Å². The lowest BCUT2D eigenvalue weighted by atomic mass is 9.45. The van der Waals surface area contributed by atoms with E-state index in [2.05, 4.69) is 46.5 Å². The Morgan fingerprint density at radius 3 is 2.48 bits per heavy atom. The SMILES string of the molecule is COCO[C@@H]1CCC[C@H]2[C@@]1(C)CC[C@H]1[C@H](C)C=C(O[Si](C)(C)C)CC[C@]21C. The number of rotatable bonds is 5. The first-order valence-corrected chi connectivity index (χ1v) is 14.5. The maximum absolute atomic E-state index is 6.47. The summed E-state index contributed by atoms with van der Waals surface area (Å²) in [5, 5.41) is 0. The third-order valence-corrected chi connectivity index (χ3v) is 8.82. The summed E-state index contributed by atoms with van der Waals surface area (Å²) in [6.45, 7) is 14.9. The highest BCUT2D eigenvalue weighted by atomic mass is 28.4. The molecule has 4 heteroatoms. The summed E-state index contributed by atoms with van der Waals surface area (Å²) >= 11 is 0. The third kappa shape index (κ3) is 4.18. The second-order valence-electron chi connectivity index (χ2n) is 10.9. The van der Waals surface area contributed by atoms with Crippen molar-refractivity contribution in [2.45, 2.75) is 91.5 Å². The molecule has 2 saturated carbocycles. The number of ether oxygens (including phenoxy) is 2. The van der Waals surface area contributed by atoms with Gasteiger partial charge in [0, 0.05) is 13.5 Å². The van der Waals surface area contributed by atoms with Gasteiger partial charge < -0.3 is 13.9 Å². The van der Waals surface area contributed by atoms with Crippen LogP contribution in [0.15, 0.2) is 11.8 Å². The molecule has 0 spiro atoms. The maximum atomic E-state index is 6.47. The zero-order valence-corrected chi connectivity index (χ0v) is 19.8. The maximum Gasteiger partial charge on any atom is 0.241 e. The molecule has 0 bridgehead atoms. The van der Waals surface area contributed by atoms with Gasteiger partial charge in [-0.15, -0.1) is 0 Å². The molecule has 3 aliphatic rings. The molecule has 2 fully saturated rings. The molecule has 6 atom stereocenters. The molecule has 0 unspecified atom stereocenters. The molecule has 27 heavy (non-hydrogen) atoms. The van der Waals surface area contributed by atoms with Crippen LogP contribution in [-0.4, -0.2) is 28.3 Å². The van der Waals surface area contributed by atoms with Crippen molar-refractivity contribution in [3.63, 3.8) is 0 Å². The molecule has 0 saturated heterocycles. The van der Waals surface area contributed by atoms with Crippen LogP contribution in [0.4, 0.5) is 0 Å². The number of hydrogen-bond acceptors (Lipinski definition) is 3. The summed E-state index contributed by atoms with van der Waals surface area (Å²) in [6, 6.07) is 0. The Morgan fingerprint density at radius 1 is 1.07 bits per heavy atom. The van der Waals surface area contributed by atoms with Crippen LogP contribution in [0.2, 0.25) is 19.6 Å². The monoisotopic (exact) mass is 394 g/mol. The first-order chi connectivity index (χ1) is 12.6. The standard InChI is InChI=1S/C23H42O3Si/c1-17-15-18(26-27(5,6)7)11-13-22(2)19(17)12-14-23(3)20(22)9-8-10-21(23)25-16-24-4/h15,17,19-21H,8-14,16H2,1-7H3/t17-,19+,20-,21-,22+,23-/m1/s1. The van der Waals surface area contributed by atoms with Gasteiger partial charge in [-0.1, -0.05) is 27.2 Å². The van der Waals surface area contributed by atoms with Gasteiger partial charge in [-0.3, -0.25) is 0 Å². The first kappa shape index (κ1) is 21.4. The van der Waals surface area contributed by atoms with Crippen molar-refractivity contribution in [1.82, 2.24) is 0 Å². The fourth-order valence-corrected chi connectivity index (χ4v) is 7.83. The lowest BCUT2D eigenvalue weighted by molar-refractivity contribution is -0.194. The smallest absolute Gasteiger partial charge is 0.241 e. The molecule has 0 radical (unpaired) electrons.